The van der Waals surface area contributed by atoms with Crippen LogP contribution in [0.15, 0.2) is 23.1 Å². The van der Waals surface area contributed by atoms with Crippen molar-refractivity contribution in [2.75, 3.05) is 43.3 Å². The maximum absolute atomic E-state index is 11.7. The molecule has 0 atom stereocenters. The number of nitrogens with two attached hydrogens (primary N) is 1. The van der Waals surface area contributed by atoms with E-state index >= 15 is 0 Å². The highest BCUT2D eigenvalue weighted by Gasteiger charge is 2.15. The van der Waals surface area contributed by atoms with E-state index < -0.39 is 19.9 Å². The molecule has 1 rings (SSSR count). The van der Waals surface area contributed by atoms with E-state index in [0.717, 1.165) is 6.26 Å². The number of nitrogens with zero attached hydrogens (tertiary/aromatic N) is 1. The predicted octanol–water partition coefficient (Wildman–Crippen LogP) is -0.342. The van der Waals surface area contributed by atoms with E-state index in [9.17, 15) is 16.8 Å². The van der Waals surface area contributed by atoms with Gasteiger partial charge in [-0.3, -0.25) is 0 Å². The second kappa shape index (κ2) is 5.98. The van der Waals surface area contributed by atoms with Crippen molar-refractivity contribution in [2.24, 2.45) is 0 Å². The van der Waals surface area contributed by atoms with Crippen LogP contribution >= 0.6 is 0 Å². The van der Waals surface area contributed by atoms with Gasteiger partial charge in [0, 0.05) is 19.8 Å². The first-order valence-electron chi connectivity index (χ1n) is 5.79. The third kappa shape index (κ3) is 4.36. The maximum Gasteiger partial charge on any atom is 0.240 e. The summed E-state index contributed by atoms with van der Waals surface area (Å²) in [6.07, 6.45) is 1.14. The Morgan fingerprint density at radius 1 is 1.25 bits per heavy atom. The normalized spacial score (nSPS) is 12.3. The minimum absolute atomic E-state index is 0.0358. The zero-order valence-corrected chi connectivity index (χ0v) is 13.3. The monoisotopic (exact) mass is 321 g/mol. The van der Waals surface area contributed by atoms with Gasteiger partial charge in [0.1, 0.15) is 9.84 Å². The van der Waals surface area contributed by atoms with E-state index in [0.29, 0.717) is 11.4 Å². The highest BCUT2D eigenvalue weighted by Crippen LogP contribution is 2.25. The predicted molar refractivity (Wildman–Crippen MR) is 80.1 cm³/mol. The Morgan fingerprint density at radius 3 is 2.35 bits per heavy atom. The molecule has 9 heteroatoms. The molecule has 0 aliphatic heterocycles. The number of sulfone groups is 1. The Morgan fingerprint density at radius 2 is 1.85 bits per heavy atom. The van der Waals surface area contributed by atoms with Gasteiger partial charge >= 0.3 is 0 Å². The first-order chi connectivity index (χ1) is 9.07. The van der Waals surface area contributed by atoms with Crippen molar-refractivity contribution in [2.45, 2.75) is 4.90 Å². The molecule has 1 aromatic rings. The SMILES string of the molecule is CNS(=O)(=O)c1ccc(N)c(N(C)CCS(C)(=O)=O)c1. The van der Waals surface area contributed by atoms with Crippen LogP contribution in [0.3, 0.4) is 0 Å². The molecule has 0 heterocycles. The first-order valence-corrected chi connectivity index (χ1v) is 9.33. The average Bonchev–Trinajstić information content (AvgIpc) is 2.35. The minimum Gasteiger partial charge on any atom is -0.397 e. The third-order valence-corrected chi connectivity index (χ3v) is 5.13. The first kappa shape index (κ1) is 16.7. The number of nitrogens with one attached hydrogen (secondary N) is 1. The second-order valence-electron chi connectivity index (χ2n) is 4.48. The van der Waals surface area contributed by atoms with Crippen LogP contribution in [-0.4, -0.2) is 49.5 Å². The van der Waals surface area contributed by atoms with E-state index in [4.69, 9.17) is 5.73 Å². The third-order valence-electron chi connectivity index (χ3n) is 2.79. The van der Waals surface area contributed by atoms with Crippen molar-refractivity contribution in [3.8, 4) is 0 Å². The van der Waals surface area contributed by atoms with Gasteiger partial charge in [-0.1, -0.05) is 0 Å². The van der Waals surface area contributed by atoms with Gasteiger partial charge in [0.15, 0.2) is 0 Å². The summed E-state index contributed by atoms with van der Waals surface area (Å²) in [4.78, 5) is 1.70. The number of rotatable bonds is 6. The average molecular weight is 321 g/mol. The molecule has 0 spiro atoms. The van der Waals surface area contributed by atoms with E-state index in [-0.39, 0.29) is 17.2 Å². The molecule has 0 aliphatic rings. The summed E-state index contributed by atoms with van der Waals surface area (Å²) in [7, 11) is -3.68. The summed E-state index contributed by atoms with van der Waals surface area (Å²) in [6.45, 7) is 0.228. The van der Waals surface area contributed by atoms with Gasteiger partial charge in [-0.05, 0) is 25.2 Å². The van der Waals surface area contributed by atoms with E-state index in [1.807, 2.05) is 0 Å². The van der Waals surface area contributed by atoms with Gasteiger partial charge in [-0.25, -0.2) is 21.6 Å². The van der Waals surface area contributed by atoms with Crippen molar-refractivity contribution >= 4 is 31.2 Å². The number of anilines is 2. The lowest BCUT2D eigenvalue weighted by atomic mass is 10.2. The van der Waals surface area contributed by atoms with Gasteiger partial charge in [-0.15, -0.1) is 0 Å². The molecule has 0 aliphatic carbocycles. The van der Waals surface area contributed by atoms with Crippen molar-refractivity contribution in [3.63, 3.8) is 0 Å². The molecule has 0 fully saturated rings. The lowest BCUT2D eigenvalue weighted by Crippen LogP contribution is -2.26. The number of sulfonamides is 1. The molecule has 7 nitrogen and oxygen atoms in total. The van der Waals surface area contributed by atoms with Gasteiger partial charge in [0.25, 0.3) is 0 Å². The molecular weight excluding hydrogens is 302 g/mol. The molecule has 20 heavy (non-hydrogen) atoms. The van der Waals surface area contributed by atoms with Gasteiger partial charge < -0.3 is 10.6 Å². The highest BCUT2D eigenvalue weighted by molar-refractivity contribution is 7.90. The van der Waals surface area contributed by atoms with E-state index in [1.165, 1.54) is 25.2 Å². The van der Waals surface area contributed by atoms with Crippen LogP contribution in [0.4, 0.5) is 11.4 Å². The molecule has 114 valence electrons. The van der Waals surface area contributed by atoms with E-state index in [1.54, 1.807) is 11.9 Å². The number of hydrogen-bond donors (Lipinski definition) is 2. The van der Waals surface area contributed by atoms with Gasteiger partial charge in [-0.2, -0.15) is 0 Å². The molecular formula is C11H19N3O4S2. The lowest BCUT2D eigenvalue weighted by molar-refractivity contribution is 0.588. The Labute approximate surface area is 119 Å². The van der Waals surface area contributed by atoms with Crippen LogP contribution < -0.4 is 15.4 Å². The Hall–Kier alpha value is -1.32. The van der Waals surface area contributed by atoms with Crippen molar-refractivity contribution in [1.82, 2.24) is 4.72 Å². The summed E-state index contributed by atoms with van der Waals surface area (Å²) in [5, 5.41) is 0. The van der Waals surface area contributed by atoms with Crippen LogP contribution in [0.1, 0.15) is 0 Å². The van der Waals surface area contributed by atoms with Crippen LogP contribution in [0.5, 0.6) is 0 Å². The fraction of sp³-hybridized carbons (Fsp3) is 0.455. The van der Waals surface area contributed by atoms with Crippen molar-refractivity contribution in [3.05, 3.63) is 18.2 Å². The summed E-state index contributed by atoms with van der Waals surface area (Å²) >= 11 is 0. The summed E-state index contributed by atoms with van der Waals surface area (Å²) in [5.74, 6) is -0.0358. The highest BCUT2D eigenvalue weighted by atomic mass is 32.2. The van der Waals surface area contributed by atoms with E-state index in [2.05, 4.69) is 4.72 Å². The molecule has 0 saturated carbocycles. The van der Waals surface area contributed by atoms with Crippen molar-refractivity contribution in [1.29, 1.82) is 0 Å². The zero-order chi connectivity index (χ0) is 15.6. The molecule has 0 bridgehead atoms. The maximum atomic E-state index is 11.7. The number of nitrogen functional groups attached to an aromatic ring is 1. The molecule has 0 radical (unpaired) electrons. The minimum atomic E-state index is -3.56. The van der Waals surface area contributed by atoms with Crippen LogP contribution in [0.2, 0.25) is 0 Å². The largest absolute Gasteiger partial charge is 0.397 e. The summed E-state index contributed by atoms with van der Waals surface area (Å²) in [5.41, 5.74) is 6.67. The summed E-state index contributed by atoms with van der Waals surface area (Å²) in [6, 6.07) is 4.30. The molecule has 0 aromatic heterocycles. The Kier molecular flexibility index (Phi) is 5.00. The zero-order valence-electron chi connectivity index (χ0n) is 11.6. The van der Waals surface area contributed by atoms with Gasteiger partial charge in [0.2, 0.25) is 10.0 Å². The number of benzene rings is 1. The molecule has 0 amide bonds. The molecule has 3 N–H and O–H groups in total. The summed E-state index contributed by atoms with van der Waals surface area (Å²) < 4.78 is 48.0. The standard InChI is InChI=1S/C11H19N3O4S2/c1-13-20(17,18)9-4-5-10(12)11(8-9)14(2)6-7-19(3,15)16/h4-5,8,13H,6-7,12H2,1-3H3. The van der Waals surface area contributed by atoms with Crippen molar-refractivity contribution < 1.29 is 16.8 Å². The number of hydrogen-bond acceptors (Lipinski definition) is 6. The van der Waals surface area contributed by atoms with Crippen LogP contribution in [0, 0.1) is 0 Å². The molecule has 1 aromatic carbocycles. The molecule has 0 unspecified atom stereocenters. The topological polar surface area (TPSA) is 110 Å². The smallest absolute Gasteiger partial charge is 0.240 e. The van der Waals surface area contributed by atoms with Crippen LogP contribution in [0.25, 0.3) is 0 Å². The quantitative estimate of drug-likeness (QED) is 0.694. The fourth-order valence-corrected chi connectivity index (χ4v) is 2.92. The second-order valence-corrected chi connectivity index (χ2v) is 8.63. The fourth-order valence-electron chi connectivity index (χ4n) is 1.56. The lowest BCUT2D eigenvalue weighted by Gasteiger charge is -2.21. The Balaban J connectivity index is 3.09. The molecule has 0 saturated heterocycles. The Bertz CT molecular complexity index is 684. The van der Waals surface area contributed by atoms with Gasteiger partial charge in [0.05, 0.1) is 22.0 Å². The van der Waals surface area contributed by atoms with Crippen LogP contribution in [-0.2, 0) is 19.9 Å².